The lowest BCUT2D eigenvalue weighted by Gasteiger charge is -2.24. The minimum Gasteiger partial charge on any atom is -0.497 e. The normalized spacial score (nSPS) is 20.1. The number of nitrogens with zero attached hydrogens (tertiary/aromatic N) is 2. The van der Waals surface area contributed by atoms with Gasteiger partial charge in [0.1, 0.15) is 5.75 Å². The molecular weight excluding hydrogens is 479 g/mol. The van der Waals surface area contributed by atoms with Crippen LogP contribution in [0.1, 0.15) is 56.4 Å². The highest BCUT2D eigenvalue weighted by Gasteiger charge is 2.26. The summed E-state index contributed by atoms with van der Waals surface area (Å²) in [6.07, 6.45) is 7.63. The second kappa shape index (κ2) is 12.2. The predicted molar refractivity (Wildman–Crippen MR) is 128 cm³/mol. The lowest BCUT2D eigenvalue weighted by Crippen LogP contribution is -2.42. The van der Waals surface area contributed by atoms with Crippen LogP contribution < -0.4 is 15.4 Å². The van der Waals surface area contributed by atoms with E-state index in [4.69, 9.17) is 4.74 Å². The van der Waals surface area contributed by atoms with E-state index in [1.807, 2.05) is 19.2 Å². The molecule has 2 aliphatic rings. The van der Waals surface area contributed by atoms with Crippen LogP contribution >= 0.6 is 24.0 Å². The van der Waals surface area contributed by atoms with Gasteiger partial charge in [-0.05, 0) is 37.0 Å². The number of guanidine groups is 1. The molecule has 1 atom stereocenters. The minimum absolute atomic E-state index is 0. The molecule has 1 aliphatic carbocycles. The minimum atomic E-state index is 0. The summed E-state index contributed by atoms with van der Waals surface area (Å²) >= 11 is 0. The van der Waals surface area contributed by atoms with Gasteiger partial charge in [0.15, 0.2) is 5.96 Å². The number of methoxy groups -OCH3 is 1. The Hall–Kier alpha value is -1.51. The molecule has 162 valence electrons. The Labute approximate surface area is 191 Å². The van der Waals surface area contributed by atoms with E-state index in [0.717, 1.165) is 44.1 Å². The van der Waals surface area contributed by atoms with E-state index < -0.39 is 0 Å². The zero-order valence-corrected chi connectivity index (χ0v) is 20.0. The number of rotatable bonds is 6. The number of carbonyl (C=O) groups excluding carboxylic acids is 1. The van der Waals surface area contributed by atoms with Crippen LogP contribution in [-0.2, 0) is 4.79 Å². The standard InChI is InChI=1S/C22H34N4O2.HI/c1-23-22(24-14-12-21(27)25-19-6-4-3-5-7-19)26-15-13-18(16-26)17-8-10-20(28-2)11-9-17;/h8-11,18-19H,3-7,12-16H2,1-2H3,(H,23,24)(H,25,27);1H. The fourth-order valence-corrected chi connectivity index (χ4v) is 4.27. The van der Waals surface area contributed by atoms with Crippen molar-refractivity contribution in [2.24, 2.45) is 4.99 Å². The van der Waals surface area contributed by atoms with Crippen LogP contribution in [-0.4, -0.2) is 56.6 Å². The van der Waals surface area contributed by atoms with Gasteiger partial charge in [0.05, 0.1) is 7.11 Å². The number of carbonyl (C=O) groups is 1. The number of hydrogen-bond acceptors (Lipinski definition) is 3. The number of hydrogen-bond donors (Lipinski definition) is 2. The SMILES string of the molecule is CN=C(NCCC(=O)NC1CCCCC1)N1CCC(c2ccc(OC)cc2)C1.I. The van der Waals surface area contributed by atoms with Gasteiger partial charge in [-0.2, -0.15) is 0 Å². The van der Waals surface area contributed by atoms with Gasteiger partial charge in [-0.15, -0.1) is 24.0 Å². The van der Waals surface area contributed by atoms with Crippen LogP contribution in [0.15, 0.2) is 29.3 Å². The second-order valence-electron chi connectivity index (χ2n) is 7.83. The van der Waals surface area contributed by atoms with Gasteiger partial charge in [-0.3, -0.25) is 9.79 Å². The Balaban J connectivity index is 0.00000300. The Bertz CT molecular complexity index is 659. The third kappa shape index (κ3) is 7.04. The number of benzene rings is 1. The van der Waals surface area contributed by atoms with Gasteiger partial charge in [0.25, 0.3) is 0 Å². The molecule has 1 aliphatic heterocycles. The molecule has 2 fully saturated rings. The molecule has 1 saturated heterocycles. The Kier molecular flexibility index (Phi) is 10.0. The van der Waals surface area contributed by atoms with E-state index in [1.54, 1.807) is 7.11 Å². The van der Waals surface area contributed by atoms with Gasteiger partial charge in [0, 0.05) is 45.1 Å². The van der Waals surface area contributed by atoms with Crippen molar-refractivity contribution >= 4 is 35.8 Å². The molecule has 6 nitrogen and oxygen atoms in total. The first-order valence-electron chi connectivity index (χ1n) is 10.6. The molecule has 1 saturated carbocycles. The first kappa shape index (κ1) is 23.8. The van der Waals surface area contributed by atoms with Gasteiger partial charge < -0.3 is 20.3 Å². The lowest BCUT2D eigenvalue weighted by atomic mass is 9.95. The topological polar surface area (TPSA) is 66.0 Å². The molecule has 7 heteroatoms. The van der Waals surface area contributed by atoms with E-state index in [2.05, 4.69) is 32.7 Å². The average Bonchev–Trinajstić information content (AvgIpc) is 3.22. The molecule has 1 unspecified atom stereocenters. The smallest absolute Gasteiger partial charge is 0.221 e. The van der Waals surface area contributed by atoms with Crippen molar-refractivity contribution in [1.82, 2.24) is 15.5 Å². The zero-order chi connectivity index (χ0) is 19.8. The molecule has 0 radical (unpaired) electrons. The zero-order valence-electron chi connectivity index (χ0n) is 17.7. The summed E-state index contributed by atoms with van der Waals surface area (Å²) in [5, 5.41) is 6.54. The van der Waals surface area contributed by atoms with Crippen molar-refractivity contribution in [3.8, 4) is 5.75 Å². The van der Waals surface area contributed by atoms with Crippen molar-refractivity contribution in [1.29, 1.82) is 0 Å². The van der Waals surface area contributed by atoms with Crippen molar-refractivity contribution in [3.63, 3.8) is 0 Å². The van der Waals surface area contributed by atoms with E-state index >= 15 is 0 Å². The fraction of sp³-hybridized carbons (Fsp3) is 0.636. The maximum absolute atomic E-state index is 12.2. The number of likely N-dealkylation sites (tertiary alicyclic amines) is 1. The second-order valence-corrected chi connectivity index (χ2v) is 7.83. The number of nitrogens with one attached hydrogen (secondary N) is 2. The van der Waals surface area contributed by atoms with Crippen molar-refractivity contribution < 1.29 is 9.53 Å². The molecule has 0 bridgehead atoms. The highest BCUT2D eigenvalue weighted by Crippen LogP contribution is 2.28. The Morgan fingerprint density at radius 2 is 1.90 bits per heavy atom. The maximum Gasteiger partial charge on any atom is 0.221 e. The Morgan fingerprint density at radius 3 is 2.55 bits per heavy atom. The molecule has 29 heavy (non-hydrogen) atoms. The highest BCUT2D eigenvalue weighted by atomic mass is 127. The summed E-state index contributed by atoms with van der Waals surface area (Å²) in [5.41, 5.74) is 1.34. The summed E-state index contributed by atoms with van der Waals surface area (Å²) in [7, 11) is 3.50. The molecular formula is C22H35IN4O2. The van der Waals surface area contributed by atoms with Gasteiger partial charge in [-0.1, -0.05) is 31.4 Å². The van der Waals surface area contributed by atoms with Crippen molar-refractivity contribution in [2.75, 3.05) is 33.8 Å². The monoisotopic (exact) mass is 514 g/mol. The molecule has 0 aromatic heterocycles. The van der Waals surface area contributed by atoms with Gasteiger partial charge in [-0.25, -0.2) is 0 Å². The Morgan fingerprint density at radius 1 is 1.17 bits per heavy atom. The fourth-order valence-electron chi connectivity index (χ4n) is 4.27. The van der Waals surface area contributed by atoms with Crippen molar-refractivity contribution in [3.05, 3.63) is 29.8 Å². The lowest BCUT2D eigenvalue weighted by molar-refractivity contribution is -0.121. The molecule has 1 aromatic rings. The molecule has 1 aromatic carbocycles. The average molecular weight is 514 g/mol. The van der Waals surface area contributed by atoms with Crippen LogP contribution in [0.5, 0.6) is 5.75 Å². The van der Waals surface area contributed by atoms with Crippen LogP contribution in [0.3, 0.4) is 0 Å². The molecule has 1 amide bonds. The molecule has 0 spiro atoms. The van der Waals surface area contributed by atoms with E-state index in [0.29, 0.717) is 24.9 Å². The van der Waals surface area contributed by atoms with E-state index in [-0.39, 0.29) is 29.9 Å². The number of halogens is 1. The first-order chi connectivity index (χ1) is 13.7. The number of aliphatic imine (C=N–C) groups is 1. The molecule has 2 N–H and O–H groups in total. The van der Waals surface area contributed by atoms with Gasteiger partial charge in [0.2, 0.25) is 5.91 Å². The third-order valence-corrected chi connectivity index (χ3v) is 5.89. The van der Waals surface area contributed by atoms with E-state index in [9.17, 15) is 4.79 Å². The summed E-state index contributed by atoms with van der Waals surface area (Å²) in [4.78, 5) is 18.9. The summed E-state index contributed by atoms with van der Waals surface area (Å²) in [6, 6.07) is 8.73. The number of ether oxygens (including phenoxy) is 1. The van der Waals surface area contributed by atoms with Gasteiger partial charge >= 0.3 is 0 Å². The summed E-state index contributed by atoms with van der Waals surface area (Å²) < 4.78 is 5.25. The largest absolute Gasteiger partial charge is 0.497 e. The van der Waals surface area contributed by atoms with Crippen LogP contribution in [0.25, 0.3) is 0 Å². The van der Waals surface area contributed by atoms with Crippen LogP contribution in [0.2, 0.25) is 0 Å². The molecule has 1 heterocycles. The first-order valence-corrected chi connectivity index (χ1v) is 10.6. The predicted octanol–water partition coefficient (Wildman–Crippen LogP) is 3.52. The van der Waals surface area contributed by atoms with Crippen LogP contribution in [0, 0.1) is 0 Å². The van der Waals surface area contributed by atoms with Crippen LogP contribution in [0.4, 0.5) is 0 Å². The van der Waals surface area contributed by atoms with Crippen molar-refractivity contribution in [2.45, 2.75) is 56.9 Å². The summed E-state index contributed by atoms with van der Waals surface area (Å²) in [6.45, 7) is 2.54. The highest BCUT2D eigenvalue weighted by molar-refractivity contribution is 14.0. The third-order valence-electron chi connectivity index (χ3n) is 5.89. The number of amides is 1. The maximum atomic E-state index is 12.2. The van der Waals surface area contributed by atoms with E-state index in [1.165, 1.54) is 24.8 Å². The quantitative estimate of drug-likeness (QED) is 0.347. The molecule has 3 rings (SSSR count). The summed E-state index contributed by atoms with van der Waals surface area (Å²) in [5.74, 6) is 2.43.